The van der Waals surface area contributed by atoms with E-state index in [9.17, 15) is 13.2 Å². The zero-order valence-electron chi connectivity index (χ0n) is 12.0. The van der Waals surface area contributed by atoms with E-state index in [4.69, 9.17) is 10.9 Å². The second-order valence-electron chi connectivity index (χ2n) is 4.93. The highest BCUT2D eigenvalue weighted by Gasteiger charge is 2.38. The van der Waals surface area contributed by atoms with E-state index in [-0.39, 0.29) is 31.4 Å². The van der Waals surface area contributed by atoms with Crippen molar-refractivity contribution in [2.45, 2.75) is 26.7 Å². The number of rotatable bonds is 5. The molecular formula is C11H25ClN4O3S. The lowest BCUT2D eigenvalue weighted by Gasteiger charge is -2.39. The van der Waals surface area contributed by atoms with Crippen LogP contribution in [0.4, 0.5) is 0 Å². The fourth-order valence-electron chi connectivity index (χ4n) is 2.41. The Kier molecular flexibility index (Phi) is 7.40. The maximum atomic E-state index is 12.5. The second-order valence-corrected chi connectivity index (χ2v) is 6.47. The van der Waals surface area contributed by atoms with E-state index in [2.05, 4.69) is 0 Å². The van der Waals surface area contributed by atoms with Crippen molar-refractivity contribution >= 4 is 28.5 Å². The van der Waals surface area contributed by atoms with E-state index >= 15 is 0 Å². The Morgan fingerprint density at radius 1 is 1.15 bits per heavy atom. The molecule has 0 saturated carbocycles. The Morgan fingerprint density at radius 3 is 1.90 bits per heavy atom. The highest BCUT2D eigenvalue weighted by Crippen LogP contribution is 2.28. The summed E-state index contributed by atoms with van der Waals surface area (Å²) in [6.45, 7) is 5.46. The predicted molar refractivity (Wildman–Crippen MR) is 80.6 cm³/mol. The number of hydrogen-bond acceptors (Lipinski definition) is 4. The molecule has 7 nitrogen and oxygen atoms in total. The lowest BCUT2D eigenvalue weighted by molar-refractivity contribution is -0.143. The van der Waals surface area contributed by atoms with Gasteiger partial charge in [-0.2, -0.15) is 12.7 Å². The topological polar surface area (TPSA) is 110 Å². The first-order chi connectivity index (χ1) is 8.80. The summed E-state index contributed by atoms with van der Waals surface area (Å²) in [5, 5.41) is 5.07. The Balaban J connectivity index is 0.00000361. The third kappa shape index (κ3) is 4.05. The van der Waals surface area contributed by atoms with Gasteiger partial charge in [0, 0.05) is 32.7 Å². The molecule has 0 aromatic rings. The van der Waals surface area contributed by atoms with Crippen molar-refractivity contribution in [1.29, 1.82) is 0 Å². The number of piperazine rings is 1. The normalized spacial score (nSPS) is 17.7. The first-order valence-corrected chi connectivity index (χ1v) is 8.08. The molecule has 0 aromatic carbocycles. The third-order valence-corrected chi connectivity index (χ3v) is 5.17. The number of carbonyl (C=O) groups excluding carboxylic acids is 1. The molecule has 1 rings (SSSR count). The van der Waals surface area contributed by atoms with E-state index in [0.717, 1.165) is 0 Å². The van der Waals surface area contributed by atoms with E-state index in [0.29, 0.717) is 32.5 Å². The quantitative estimate of drug-likeness (QED) is 0.710. The summed E-state index contributed by atoms with van der Waals surface area (Å²) >= 11 is 0. The molecule has 1 aliphatic heterocycles. The van der Waals surface area contributed by atoms with Gasteiger partial charge in [0.2, 0.25) is 5.91 Å². The Bertz CT molecular complexity index is 409. The fraction of sp³-hybridized carbons (Fsp3) is 0.909. The van der Waals surface area contributed by atoms with Gasteiger partial charge in [-0.25, -0.2) is 5.14 Å². The van der Waals surface area contributed by atoms with Crippen LogP contribution in [0.5, 0.6) is 0 Å². The smallest absolute Gasteiger partial charge is 0.277 e. The Hall–Kier alpha value is -0.410. The van der Waals surface area contributed by atoms with Gasteiger partial charge >= 0.3 is 0 Å². The van der Waals surface area contributed by atoms with Crippen LogP contribution in [0.25, 0.3) is 0 Å². The monoisotopic (exact) mass is 328 g/mol. The molecule has 1 saturated heterocycles. The number of carbonyl (C=O) groups is 1. The fourth-order valence-corrected chi connectivity index (χ4v) is 3.08. The average Bonchev–Trinajstić information content (AvgIpc) is 2.40. The van der Waals surface area contributed by atoms with E-state index in [1.165, 1.54) is 4.31 Å². The zero-order chi connectivity index (χ0) is 14.7. The van der Waals surface area contributed by atoms with Crippen molar-refractivity contribution in [3.05, 3.63) is 0 Å². The van der Waals surface area contributed by atoms with Gasteiger partial charge in [0.15, 0.2) is 0 Å². The van der Waals surface area contributed by atoms with Gasteiger partial charge < -0.3 is 10.6 Å². The SMILES string of the molecule is CCC(CC)(CN)C(=O)N1CCN(S(N)(=O)=O)CC1.Cl. The maximum absolute atomic E-state index is 12.5. The first kappa shape index (κ1) is 19.6. The van der Waals surface area contributed by atoms with Crippen LogP contribution >= 0.6 is 12.4 Å². The summed E-state index contributed by atoms with van der Waals surface area (Å²) in [7, 11) is -3.66. The van der Waals surface area contributed by atoms with Crippen LogP contribution in [-0.4, -0.2) is 56.3 Å². The number of amides is 1. The molecule has 0 aromatic heterocycles. The molecule has 9 heteroatoms. The molecule has 1 amide bonds. The standard InChI is InChI=1S/C11H24N4O3S.ClH/c1-3-11(4-2,9-12)10(16)14-5-7-15(8-6-14)19(13,17)18;/h3-9,12H2,1-2H3,(H2,13,17,18);1H. The molecule has 0 unspecified atom stereocenters. The maximum Gasteiger partial charge on any atom is 0.277 e. The molecule has 1 fully saturated rings. The van der Waals surface area contributed by atoms with Crippen LogP contribution in [0, 0.1) is 5.41 Å². The number of halogens is 1. The summed E-state index contributed by atoms with van der Waals surface area (Å²) in [5.41, 5.74) is 5.24. The molecule has 120 valence electrons. The van der Waals surface area contributed by atoms with Crippen LogP contribution in [0.15, 0.2) is 0 Å². The Morgan fingerprint density at radius 2 is 1.60 bits per heavy atom. The van der Waals surface area contributed by atoms with E-state index in [1.807, 2.05) is 13.8 Å². The molecule has 20 heavy (non-hydrogen) atoms. The number of nitrogens with zero attached hydrogens (tertiary/aromatic N) is 2. The summed E-state index contributed by atoms with van der Waals surface area (Å²) in [6, 6.07) is 0. The highest BCUT2D eigenvalue weighted by molar-refractivity contribution is 7.86. The van der Waals surface area contributed by atoms with Gasteiger partial charge in [0.25, 0.3) is 10.2 Å². The molecule has 0 bridgehead atoms. The summed E-state index contributed by atoms with van der Waals surface area (Å²) in [5.74, 6) is 0.0223. The van der Waals surface area contributed by atoms with Crippen LogP contribution < -0.4 is 10.9 Å². The third-order valence-electron chi connectivity index (χ3n) is 4.08. The van der Waals surface area contributed by atoms with E-state index < -0.39 is 15.6 Å². The van der Waals surface area contributed by atoms with Crippen molar-refractivity contribution in [3.63, 3.8) is 0 Å². The number of nitrogens with two attached hydrogens (primary N) is 2. The first-order valence-electron chi connectivity index (χ1n) is 6.58. The summed E-state index contributed by atoms with van der Waals surface area (Å²) in [4.78, 5) is 14.2. The van der Waals surface area contributed by atoms with Gasteiger partial charge in [-0.1, -0.05) is 13.8 Å². The zero-order valence-corrected chi connectivity index (χ0v) is 13.7. The van der Waals surface area contributed by atoms with E-state index in [1.54, 1.807) is 4.90 Å². The minimum Gasteiger partial charge on any atom is -0.340 e. The molecule has 1 aliphatic rings. The van der Waals surface area contributed by atoms with Crippen molar-refractivity contribution in [3.8, 4) is 0 Å². The molecule has 0 atom stereocenters. The van der Waals surface area contributed by atoms with Gasteiger partial charge in [-0.05, 0) is 12.8 Å². The molecular weight excluding hydrogens is 304 g/mol. The van der Waals surface area contributed by atoms with Gasteiger partial charge in [0.05, 0.1) is 5.41 Å². The number of hydrogen-bond donors (Lipinski definition) is 2. The highest BCUT2D eigenvalue weighted by atomic mass is 35.5. The molecule has 0 radical (unpaired) electrons. The van der Waals surface area contributed by atoms with Crippen molar-refractivity contribution in [2.75, 3.05) is 32.7 Å². The van der Waals surface area contributed by atoms with Crippen molar-refractivity contribution in [2.24, 2.45) is 16.3 Å². The van der Waals surface area contributed by atoms with Gasteiger partial charge in [-0.3, -0.25) is 4.79 Å². The summed E-state index contributed by atoms with van der Waals surface area (Å²) < 4.78 is 23.6. The molecule has 4 N–H and O–H groups in total. The minimum atomic E-state index is -3.66. The van der Waals surface area contributed by atoms with Gasteiger partial charge in [0.1, 0.15) is 0 Å². The lowest BCUT2D eigenvalue weighted by atomic mass is 9.81. The largest absolute Gasteiger partial charge is 0.340 e. The lowest BCUT2D eigenvalue weighted by Crippen LogP contribution is -2.56. The van der Waals surface area contributed by atoms with Gasteiger partial charge in [-0.15, -0.1) is 12.4 Å². The molecule has 0 spiro atoms. The molecule has 0 aliphatic carbocycles. The predicted octanol–water partition coefficient (Wildman–Crippen LogP) is -0.479. The average molecular weight is 329 g/mol. The molecule has 1 heterocycles. The van der Waals surface area contributed by atoms with Crippen LogP contribution in [-0.2, 0) is 15.0 Å². The van der Waals surface area contributed by atoms with Crippen molar-refractivity contribution in [1.82, 2.24) is 9.21 Å². The summed E-state index contributed by atoms with van der Waals surface area (Å²) in [6.07, 6.45) is 1.38. The minimum absolute atomic E-state index is 0. The Labute approximate surface area is 127 Å². The van der Waals surface area contributed by atoms with Crippen molar-refractivity contribution < 1.29 is 13.2 Å². The second kappa shape index (κ2) is 7.56. The van der Waals surface area contributed by atoms with Crippen LogP contribution in [0.1, 0.15) is 26.7 Å². The van der Waals surface area contributed by atoms with Crippen LogP contribution in [0.2, 0.25) is 0 Å². The van der Waals surface area contributed by atoms with Crippen LogP contribution in [0.3, 0.4) is 0 Å².